The number of ether oxygens (including phenoxy) is 1. The van der Waals surface area contributed by atoms with Crippen LogP contribution in [-0.4, -0.2) is 13.0 Å². The number of anilines is 1. The molecule has 0 radical (unpaired) electrons. The Labute approximate surface area is 160 Å². The van der Waals surface area contributed by atoms with Gasteiger partial charge in [0, 0.05) is 16.6 Å². The van der Waals surface area contributed by atoms with Crippen LogP contribution >= 0.6 is 11.6 Å². The molecule has 1 N–H and O–H groups in total. The summed E-state index contributed by atoms with van der Waals surface area (Å²) in [6.45, 7) is 2.05. The molecule has 0 aromatic heterocycles. The number of carbonyl (C=O) groups is 1. The van der Waals surface area contributed by atoms with Gasteiger partial charge in [-0.1, -0.05) is 30.7 Å². The maximum Gasteiger partial charge on any atom is 0.227 e. The third kappa shape index (κ3) is 4.59. The first-order valence-corrected chi connectivity index (χ1v) is 9.65. The average molecular weight is 372 g/mol. The molecular weight excluding hydrogens is 346 g/mol. The minimum atomic E-state index is 0.0162. The van der Waals surface area contributed by atoms with Crippen molar-refractivity contribution < 1.29 is 9.53 Å². The maximum atomic E-state index is 12.6. The van der Waals surface area contributed by atoms with E-state index in [9.17, 15) is 4.79 Å². The average Bonchev–Trinajstić information content (AvgIpc) is 2.69. The van der Waals surface area contributed by atoms with Crippen molar-refractivity contribution in [3.05, 3.63) is 59.1 Å². The van der Waals surface area contributed by atoms with E-state index < -0.39 is 0 Å². The predicted molar refractivity (Wildman–Crippen MR) is 107 cm³/mol. The van der Waals surface area contributed by atoms with E-state index in [-0.39, 0.29) is 11.8 Å². The number of hydrogen-bond acceptors (Lipinski definition) is 2. The molecule has 138 valence electrons. The quantitative estimate of drug-likeness (QED) is 0.710. The summed E-state index contributed by atoms with van der Waals surface area (Å²) >= 11 is 5.89. The minimum absolute atomic E-state index is 0.0162. The lowest BCUT2D eigenvalue weighted by Gasteiger charge is -2.32. The Morgan fingerprint density at radius 2 is 1.65 bits per heavy atom. The highest BCUT2D eigenvalue weighted by molar-refractivity contribution is 6.30. The highest BCUT2D eigenvalue weighted by atomic mass is 35.5. The maximum absolute atomic E-state index is 12.6. The van der Waals surface area contributed by atoms with Crippen LogP contribution in [0, 0.1) is 11.8 Å². The molecule has 26 heavy (non-hydrogen) atoms. The van der Waals surface area contributed by atoms with Crippen LogP contribution in [0.2, 0.25) is 5.02 Å². The molecule has 1 aliphatic carbocycles. The van der Waals surface area contributed by atoms with Crippen LogP contribution < -0.4 is 10.1 Å². The summed E-state index contributed by atoms with van der Waals surface area (Å²) < 4.78 is 5.23. The van der Waals surface area contributed by atoms with Crippen LogP contribution in [0.4, 0.5) is 5.69 Å². The summed E-state index contributed by atoms with van der Waals surface area (Å²) in [6.07, 6.45) is 4.45. The summed E-state index contributed by atoms with van der Waals surface area (Å²) in [7, 11) is 1.69. The van der Waals surface area contributed by atoms with E-state index in [4.69, 9.17) is 16.3 Å². The molecule has 0 unspecified atom stereocenters. The Hall–Kier alpha value is -2.00. The second kappa shape index (κ2) is 8.59. The SMILES string of the molecule is COc1ccc(C2CCC([C@@H](C)C(=O)Nc3ccc(Cl)cc3)CC2)cc1. The molecule has 0 spiro atoms. The van der Waals surface area contributed by atoms with Gasteiger partial charge < -0.3 is 10.1 Å². The van der Waals surface area contributed by atoms with Crippen molar-refractivity contribution in [2.75, 3.05) is 12.4 Å². The lowest BCUT2D eigenvalue weighted by molar-refractivity contribution is -0.121. The van der Waals surface area contributed by atoms with E-state index in [2.05, 4.69) is 17.4 Å². The molecule has 0 aliphatic heterocycles. The molecule has 2 aromatic rings. The fourth-order valence-electron chi connectivity index (χ4n) is 3.83. The Morgan fingerprint density at radius 3 is 2.23 bits per heavy atom. The number of nitrogens with one attached hydrogen (secondary N) is 1. The zero-order valence-electron chi connectivity index (χ0n) is 15.4. The van der Waals surface area contributed by atoms with Gasteiger partial charge in [-0.15, -0.1) is 0 Å². The van der Waals surface area contributed by atoms with Gasteiger partial charge in [0.25, 0.3) is 0 Å². The molecule has 1 saturated carbocycles. The van der Waals surface area contributed by atoms with Crippen molar-refractivity contribution >= 4 is 23.2 Å². The van der Waals surface area contributed by atoms with Crippen LogP contribution in [0.3, 0.4) is 0 Å². The minimum Gasteiger partial charge on any atom is -0.497 e. The molecule has 1 amide bonds. The fraction of sp³-hybridized carbons (Fsp3) is 0.409. The van der Waals surface area contributed by atoms with Gasteiger partial charge in [-0.2, -0.15) is 0 Å². The number of benzene rings is 2. The summed E-state index contributed by atoms with van der Waals surface area (Å²) in [4.78, 5) is 12.6. The highest BCUT2D eigenvalue weighted by Crippen LogP contribution is 2.39. The molecule has 0 heterocycles. The second-order valence-electron chi connectivity index (χ2n) is 7.17. The zero-order chi connectivity index (χ0) is 18.5. The number of rotatable bonds is 5. The topological polar surface area (TPSA) is 38.3 Å². The van der Waals surface area contributed by atoms with E-state index in [1.807, 2.05) is 31.2 Å². The molecule has 0 bridgehead atoms. The number of amides is 1. The Bertz CT molecular complexity index is 719. The fourth-order valence-corrected chi connectivity index (χ4v) is 3.96. The van der Waals surface area contributed by atoms with Gasteiger partial charge >= 0.3 is 0 Å². The highest BCUT2D eigenvalue weighted by Gasteiger charge is 2.29. The van der Waals surface area contributed by atoms with Crippen molar-refractivity contribution in [2.24, 2.45) is 11.8 Å². The molecule has 0 saturated heterocycles. The van der Waals surface area contributed by atoms with Gasteiger partial charge in [0.05, 0.1) is 7.11 Å². The van der Waals surface area contributed by atoms with E-state index in [0.717, 1.165) is 37.1 Å². The first kappa shape index (κ1) is 18.8. The number of carbonyl (C=O) groups excluding carboxylic acids is 1. The van der Waals surface area contributed by atoms with E-state index in [1.54, 1.807) is 19.2 Å². The van der Waals surface area contributed by atoms with Gasteiger partial charge in [0.1, 0.15) is 5.75 Å². The molecule has 1 aliphatic rings. The first-order chi connectivity index (χ1) is 12.6. The third-order valence-corrected chi connectivity index (χ3v) is 5.84. The number of halogens is 1. The Kier molecular flexibility index (Phi) is 6.20. The summed E-state index contributed by atoms with van der Waals surface area (Å²) in [5.41, 5.74) is 2.18. The molecule has 2 aromatic carbocycles. The largest absolute Gasteiger partial charge is 0.497 e. The van der Waals surface area contributed by atoms with Crippen LogP contribution in [-0.2, 0) is 4.79 Å². The molecule has 4 heteroatoms. The molecular formula is C22H26ClNO2. The first-order valence-electron chi connectivity index (χ1n) is 9.27. The van der Waals surface area contributed by atoms with Gasteiger partial charge in [-0.05, 0) is 79.5 Å². The molecule has 3 nitrogen and oxygen atoms in total. The van der Waals surface area contributed by atoms with Gasteiger partial charge in [-0.3, -0.25) is 4.79 Å². The van der Waals surface area contributed by atoms with E-state index >= 15 is 0 Å². The third-order valence-electron chi connectivity index (χ3n) is 5.59. The summed E-state index contributed by atoms with van der Waals surface area (Å²) in [5.74, 6) is 2.04. The van der Waals surface area contributed by atoms with E-state index in [1.165, 1.54) is 5.56 Å². The lowest BCUT2D eigenvalue weighted by Crippen LogP contribution is -2.29. The van der Waals surface area contributed by atoms with Crippen molar-refractivity contribution in [2.45, 2.75) is 38.5 Å². The molecule has 3 rings (SSSR count). The smallest absolute Gasteiger partial charge is 0.227 e. The van der Waals surface area contributed by atoms with Crippen LogP contribution in [0.25, 0.3) is 0 Å². The van der Waals surface area contributed by atoms with Crippen LogP contribution in [0.5, 0.6) is 5.75 Å². The monoisotopic (exact) mass is 371 g/mol. The standard InChI is InChI=1S/C22H26ClNO2/c1-15(22(25)24-20-11-9-19(23)10-12-20)16-3-5-17(6-4-16)18-7-13-21(26-2)14-8-18/h7-17H,3-6H2,1-2H3,(H,24,25)/t15-,16?,17?/m1/s1. The van der Waals surface area contributed by atoms with Crippen LogP contribution in [0.1, 0.15) is 44.1 Å². The molecule has 1 fully saturated rings. The van der Waals surface area contributed by atoms with Crippen molar-refractivity contribution in [3.8, 4) is 5.75 Å². The normalized spacial score (nSPS) is 21.0. The Balaban J connectivity index is 1.53. The lowest BCUT2D eigenvalue weighted by atomic mass is 9.74. The van der Waals surface area contributed by atoms with Crippen LogP contribution in [0.15, 0.2) is 48.5 Å². The second-order valence-corrected chi connectivity index (χ2v) is 7.61. The van der Waals surface area contributed by atoms with Crippen molar-refractivity contribution in [3.63, 3.8) is 0 Å². The Morgan fingerprint density at radius 1 is 1.04 bits per heavy atom. The van der Waals surface area contributed by atoms with E-state index in [0.29, 0.717) is 16.9 Å². The zero-order valence-corrected chi connectivity index (χ0v) is 16.1. The number of methoxy groups -OCH3 is 1. The summed E-state index contributed by atoms with van der Waals surface area (Å²) in [6, 6.07) is 15.7. The number of hydrogen-bond donors (Lipinski definition) is 1. The summed E-state index contributed by atoms with van der Waals surface area (Å²) in [5, 5.41) is 3.68. The predicted octanol–water partition coefficient (Wildman–Crippen LogP) is 5.90. The van der Waals surface area contributed by atoms with Crippen molar-refractivity contribution in [1.82, 2.24) is 0 Å². The van der Waals surface area contributed by atoms with Gasteiger partial charge in [0.15, 0.2) is 0 Å². The van der Waals surface area contributed by atoms with Crippen molar-refractivity contribution in [1.29, 1.82) is 0 Å². The van der Waals surface area contributed by atoms with Gasteiger partial charge in [-0.25, -0.2) is 0 Å². The van der Waals surface area contributed by atoms with Gasteiger partial charge in [0.2, 0.25) is 5.91 Å². The molecule has 1 atom stereocenters.